The average molecular weight is 299 g/mol. The molecule has 2 aromatic carbocycles. The molecular weight excluding hydrogens is 274 g/mol. The predicted octanol–water partition coefficient (Wildman–Crippen LogP) is 3.82. The Morgan fingerprint density at radius 2 is 1.82 bits per heavy atom. The van der Waals surface area contributed by atoms with Crippen LogP contribution in [0.1, 0.15) is 29.0 Å². The minimum Gasteiger partial charge on any atom is -0.496 e. The van der Waals surface area contributed by atoms with Gasteiger partial charge in [0.1, 0.15) is 11.5 Å². The second-order valence-corrected chi connectivity index (χ2v) is 5.56. The summed E-state index contributed by atoms with van der Waals surface area (Å²) in [4.78, 5) is 0. The molecule has 3 heteroatoms. The smallest absolute Gasteiger partial charge is 0.122 e. The quantitative estimate of drug-likeness (QED) is 0.845. The van der Waals surface area contributed by atoms with Crippen LogP contribution in [0.4, 0.5) is 0 Å². The van der Waals surface area contributed by atoms with Crippen LogP contribution in [-0.2, 0) is 0 Å². The van der Waals surface area contributed by atoms with Crippen LogP contribution in [0.3, 0.4) is 0 Å². The standard InChI is InChI=1S/C19H25NO2/c1-14-8-9-17(12-15(14)2)22-11-10-16(13-20)18-6-4-5-7-19(18)21-3/h4-9,12,16H,10-11,13,20H2,1-3H3. The van der Waals surface area contributed by atoms with Crippen molar-refractivity contribution in [3.63, 3.8) is 0 Å². The Morgan fingerprint density at radius 3 is 2.50 bits per heavy atom. The van der Waals surface area contributed by atoms with Crippen molar-refractivity contribution in [1.82, 2.24) is 0 Å². The molecule has 1 atom stereocenters. The van der Waals surface area contributed by atoms with E-state index >= 15 is 0 Å². The van der Waals surface area contributed by atoms with E-state index in [-0.39, 0.29) is 5.92 Å². The van der Waals surface area contributed by atoms with Crippen LogP contribution >= 0.6 is 0 Å². The molecule has 0 fully saturated rings. The lowest BCUT2D eigenvalue weighted by atomic mass is 9.95. The Kier molecular flexibility index (Phi) is 5.84. The highest BCUT2D eigenvalue weighted by Gasteiger charge is 2.14. The molecular formula is C19H25NO2. The Labute approximate surface area is 133 Å². The maximum absolute atomic E-state index is 5.94. The predicted molar refractivity (Wildman–Crippen MR) is 90.8 cm³/mol. The zero-order valence-electron chi connectivity index (χ0n) is 13.6. The lowest BCUT2D eigenvalue weighted by molar-refractivity contribution is 0.296. The largest absolute Gasteiger partial charge is 0.496 e. The number of aryl methyl sites for hydroxylation is 2. The third kappa shape index (κ3) is 4.01. The Bertz CT molecular complexity index is 610. The molecule has 0 radical (unpaired) electrons. The molecule has 0 aliphatic rings. The molecule has 2 rings (SSSR count). The van der Waals surface area contributed by atoms with E-state index in [1.54, 1.807) is 7.11 Å². The normalized spacial score (nSPS) is 12.0. The van der Waals surface area contributed by atoms with Gasteiger partial charge in [-0.3, -0.25) is 0 Å². The third-order valence-corrected chi connectivity index (χ3v) is 4.08. The van der Waals surface area contributed by atoms with Crippen LogP contribution < -0.4 is 15.2 Å². The second-order valence-electron chi connectivity index (χ2n) is 5.56. The van der Waals surface area contributed by atoms with Gasteiger partial charge < -0.3 is 15.2 Å². The highest BCUT2D eigenvalue weighted by atomic mass is 16.5. The van der Waals surface area contributed by atoms with Crippen molar-refractivity contribution in [3.05, 3.63) is 59.2 Å². The molecule has 2 aromatic rings. The first-order valence-corrected chi connectivity index (χ1v) is 7.68. The van der Waals surface area contributed by atoms with Crippen LogP contribution in [0, 0.1) is 13.8 Å². The molecule has 118 valence electrons. The minimum atomic E-state index is 0.239. The molecule has 0 amide bonds. The van der Waals surface area contributed by atoms with Gasteiger partial charge in [0.25, 0.3) is 0 Å². The maximum Gasteiger partial charge on any atom is 0.122 e. The fourth-order valence-electron chi connectivity index (χ4n) is 2.53. The maximum atomic E-state index is 5.94. The summed E-state index contributed by atoms with van der Waals surface area (Å²) < 4.78 is 11.3. The minimum absolute atomic E-state index is 0.239. The van der Waals surface area contributed by atoms with Crippen LogP contribution in [0.15, 0.2) is 42.5 Å². The molecule has 0 spiro atoms. The van der Waals surface area contributed by atoms with Crippen molar-refractivity contribution >= 4 is 0 Å². The first kappa shape index (κ1) is 16.4. The topological polar surface area (TPSA) is 44.5 Å². The molecule has 2 N–H and O–H groups in total. The van der Waals surface area contributed by atoms with E-state index in [4.69, 9.17) is 15.2 Å². The van der Waals surface area contributed by atoms with Crippen LogP contribution in [0.25, 0.3) is 0 Å². The first-order chi connectivity index (χ1) is 10.7. The highest BCUT2D eigenvalue weighted by molar-refractivity contribution is 5.36. The van der Waals surface area contributed by atoms with Gasteiger partial charge in [-0.05, 0) is 61.7 Å². The van der Waals surface area contributed by atoms with Crippen molar-refractivity contribution in [2.45, 2.75) is 26.2 Å². The number of hydrogen-bond donors (Lipinski definition) is 1. The van der Waals surface area contributed by atoms with Crippen molar-refractivity contribution in [2.75, 3.05) is 20.3 Å². The number of rotatable bonds is 7. The summed E-state index contributed by atoms with van der Waals surface area (Å²) in [7, 11) is 1.69. The van der Waals surface area contributed by atoms with Crippen LogP contribution in [0.2, 0.25) is 0 Å². The summed E-state index contributed by atoms with van der Waals surface area (Å²) >= 11 is 0. The fourth-order valence-corrected chi connectivity index (χ4v) is 2.53. The van der Waals surface area contributed by atoms with Crippen molar-refractivity contribution in [1.29, 1.82) is 0 Å². The summed E-state index contributed by atoms with van der Waals surface area (Å²) in [6, 6.07) is 14.2. The molecule has 22 heavy (non-hydrogen) atoms. The van der Waals surface area contributed by atoms with E-state index < -0.39 is 0 Å². The van der Waals surface area contributed by atoms with E-state index in [1.807, 2.05) is 24.3 Å². The molecule has 0 saturated heterocycles. The number of para-hydroxylation sites is 1. The van der Waals surface area contributed by atoms with E-state index in [1.165, 1.54) is 11.1 Å². The SMILES string of the molecule is COc1ccccc1C(CN)CCOc1ccc(C)c(C)c1. The number of methoxy groups -OCH3 is 1. The number of benzene rings is 2. The molecule has 3 nitrogen and oxygen atoms in total. The van der Waals surface area contributed by atoms with Gasteiger partial charge in [-0.1, -0.05) is 24.3 Å². The molecule has 0 aliphatic heterocycles. The number of hydrogen-bond acceptors (Lipinski definition) is 3. The zero-order chi connectivity index (χ0) is 15.9. The van der Waals surface area contributed by atoms with E-state index in [2.05, 4.69) is 32.0 Å². The molecule has 0 aromatic heterocycles. The molecule has 0 aliphatic carbocycles. The zero-order valence-corrected chi connectivity index (χ0v) is 13.6. The van der Waals surface area contributed by atoms with Gasteiger partial charge in [0.15, 0.2) is 0 Å². The fraction of sp³-hybridized carbons (Fsp3) is 0.368. The summed E-state index contributed by atoms with van der Waals surface area (Å²) in [5, 5.41) is 0. The van der Waals surface area contributed by atoms with E-state index in [0.29, 0.717) is 13.2 Å². The first-order valence-electron chi connectivity index (χ1n) is 7.68. The Morgan fingerprint density at radius 1 is 1.05 bits per heavy atom. The summed E-state index contributed by atoms with van der Waals surface area (Å²) in [6.45, 7) is 5.42. The molecule has 1 unspecified atom stereocenters. The van der Waals surface area contributed by atoms with Gasteiger partial charge in [-0.15, -0.1) is 0 Å². The van der Waals surface area contributed by atoms with Gasteiger partial charge in [0.2, 0.25) is 0 Å². The molecule has 0 heterocycles. The lowest BCUT2D eigenvalue weighted by Crippen LogP contribution is -2.16. The Balaban J connectivity index is 1.97. The van der Waals surface area contributed by atoms with Gasteiger partial charge in [0.05, 0.1) is 13.7 Å². The molecule has 0 saturated carbocycles. The van der Waals surface area contributed by atoms with Gasteiger partial charge in [0, 0.05) is 5.92 Å². The molecule has 0 bridgehead atoms. The second kappa shape index (κ2) is 7.85. The van der Waals surface area contributed by atoms with Gasteiger partial charge in [-0.2, -0.15) is 0 Å². The van der Waals surface area contributed by atoms with Crippen molar-refractivity contribution < 1.29 is 9.47 Å². The average Bonchev–Trinajstić information content (AvgIpc) is 2.55. The van der Waals surface area contributed by atoms with Crippen LogP contribution in [0.5, 0.6) is 11.5 Å². The lowest BCUT2D eigenvalue weighted by Gasteiger charge is -2.18. The van der Waals surface area contributed by atoms with E-state index in [0.717, 1.165) is 23.5 Å². The van der Waals surface area contributed by atoms with E-state index in [9.17, 15) is 0 Å². The van der Waals surface area contributed by atoms with Crippen LogP contribution in [-0.4, -0.2) is 20.3 Å². The highest BCUT2D eigenvalue weighted by Crippen LogP contribution is 2.28. The Hall–Kier alpha value is -2.00. The third-order valence-electron chi connectivity index (χ3n) is 4.08. The van der Waals surface area contributed by atoms with Crippen molar-refractivity contribution in [2.24, 2.45) is 5.73 Å². The number of ether oxygens (including phenoxy) is 2. The number of nitrogens with two attached hydrogens (primary N) is 1. The monoisotopic (exact) mass is 299 g/mol. The summed E-state index contributed by atoms with van der Waals surface area (Å²) in [6.07, 6.45) is 0.865. The summed E-state index contributed by atoms with van der Waals surface area (Å²) in [5.74, 6) is 2.05. The van der Waals surface area contributed by atoms with Gasteiger partial charge >= 0.3 is 0 Å². The van der Waals surface area contributed by atoms with Crippen molar-refractivity contribution in [3.8, 4) is 11.5 Å². The van der Waals surface area contributed by atoms with Gasteiger partial charge in [-0.25, -0.2) is 0 Å². The summed E-state index contributed by atoms with van der Waals surface area (Å²) in [5.41, 5.74) is 9.62.